The van der Waals surface area contributed by atoms with Gasteiger partial charge in [0.15, 0.2) is 5.96 Å². The largest absolute Gasteiger partial charge is 0.396 e. The molecule has 1 unspecified atom stereocenters. The van der Waals surface area contributed by atoms with Crippen LogP contribution < -0.4 is 15.5 Å². The fourth-order valence-electron chi connectivity index (χ4n) is 3.79. The fourth-order valence-corrected chi connectivity index (χ4v) is 4.08. The second-order valence-corrected chi connectivity index (χ2v) is 8.27. The molecule has 0 aliphatic carbocycles. The second kappa shape index (κ2) is 11.2. The van der Waals surface area contributed by atoms with E-state index in [0.29, 0.717) is 19.1 Å². The maximum absolute atomic E-state index is 9.31. The molecule has 3 N–H and O–H groups in total. The number of aliphatic hydroxyl groups excluding tert-OH is 1. The van der Waals surface area contributed by atoms with E-state index in [1.165, 1.54) is 11.3 Å². The molecule has 0 saturated carbocycles. The molecule has 1 aliphatic heterocycles. The molecule has 0 radical (unpaired) electrons. The molecule has 1 fully saturated rings. The van der Waals surface area contributed by atoms with Crippen molar-refractivity contribution in [3.63, 3.8) is 0 Å². The molecule has 0 amide bonds. The summed E-state index contributed by atoms with van der Waals surface area (Å²) in [5.41, 5.74) is 3.47. The van der Waals surface area contributed by atoms with Crippen LogP contribution in [0.4, 0.5) is 5.69 Å². The molecule has 1 aliphatic rings. The first kappa shape index (κ1) is 22.4. The summed E-state index contributed by atoms with van der Waals surface area (Å²) in [5.74, 6) is 1.24. The Morgan fingerprint density at radius 2 is 1.87 bits per heavy atom. The third kappa shape index (κ3) is 6.13. The standard InChI is InChI=1S/C24H33ClN4O/c1-3-26-24(28-18(2)22-6-4-5-7-23(22)25)27-16-19-8-10-21(11-9-19)29-14-12-20(17-30)13-15-29/h4-11,18,20,30H,3,12-17H2,1-2H3,(H2,26,27,28). The number of aliphatic hydroxyl groups is 1. The molecule has 6 heteroatoms. The Morgan fingerprint density at radius 1 is 1.17 bits per heavy atom. The average Bonchev–Trinajstić information content (AvgIpc) is 2.78. The van der Waals surface area contributed by atoms with Crippen LogP contribution in [0.5, 0.6) is 0 Å². The van der Waals surface area contributed by atoms with Crippen LogP contribution in [0.25, 0.3) is 0 Å². The number of halogens is 1. The average molecular weight is 429 g/mol. The highest BCUT2D eigenvalue weighted by Crippen LogP contribution is 2.24. The molecular weight excluding hydrogens is 396 g/mol. The lowest BCUT2D eigenvalue weighted by Gasteiger charge is -2.32. The third-order valence-corrected chi connectivity index (χ3v) is 6.01. The first-order valence-electron chi connectivity index (χ1n) is 10.8. The van der Waals surface area contributed by atoms with Crippen LogP contribution in [0, 0.1) is 5.92 Å². The summed E-state index contributed by atoms with van der Waals surface area (Å²) in [7, 11) is 0. The Morgan fingerprint density at radius 3 is 2.50 bits per heavy atom. The second-order valence-electron chi connectivity index (χ2n) is 7.86. The topological polar surface area (TPSA) is 59.9 Å². The van der Waals surface area contributed by atoms with Crippen molar-refractivity contribution in [2.45, 2.75) is 39.3 Å². The van der Waals surface area contributed by atoms with E-state index in [1.807, 2.05) is 24.3 Å². The normalized spacial score (nSPS) is 16.4. The molecule has 162 valence electrons. The SMILES string of the molecule is CCNC(=NCc1ccc(N2CCC(CO)CC2)cc1)NC(C)c1ccccc1Cl. The first-order valence-corrected chi connectivity index (χ1v) is 11.2. The van der Waals surface area contributed by atoms with Gasteiger partial charge >= 0.3 is 0 Å². The van der Waals surface area contributed by atoms with Gasteiger partial charge in [-0.2, -0.15) is 0 Å². The summed E-state index contributed by atoms with van der Waals surface area (Å²) >= 11 is 6.33. The number of aliphatic imine (C=N–C) groups is 1. The smallest absolute Gasteiger partial charge is 0.192 e. The lowest BCUT2D eigenvalue weighted by Crippen LogP contribution is -2.38. The van der Waals surface area contributed by atoms with Crippen molar-refractivity contribution in [3.05, 3.63) is 64.7 Å². The van der Waals surface area contributed by atoms with E-state index in [4.69, 9.17) is 16.6 Å². The molecule has 0 bridgehead atoms. The van der Waals surface area contributed by atoms with Crippen molar-refractivity contribution in [2.24, 2.45) is 10.9 Å². The highest BCUT2D eigenvalue weighted by Gasteiger charge is 2.18. The number of nitrogens with zero attached hydrogens (tertiary/aromatic N) is 2. The highest BCUT2D eigenvalue weighted by molar-refractivity contribution is 6.31. The molecule has 1 atom stereocenters. The maximum atomic E-state index is 9.31. The van der Waals surface area contributed by atoms with Gasteiger partial charge in [-0.05, 0) is 61.9 Å². The molecular formula is C24H33ClN4O. The minimum atomic E-state index is 0.0562. The van der Waals surface area contributed by atoms with Crippen molar-refractivity contribution < 1.29 is 5.11 Å². The van der Waals surface area contributed by atoms with Crippen LogP contribution in [0.2, 0.25) is 5.02 Å². The number of nitrogens with one attached hydrogen (secondary N) is 2. The minimum Gasteiger partial charge on any atom is -0.396 e. The predicted octanol–water partition coefficient (Wildman–Crippen LogP) is 4.37. The van der Waals surface area contributed by atoms with Gasteiger partial charge in [0.05, 0.1) is 12.6 Å². The van der Waals surface area contributed by atoms with Crippen molar-refractivity contribution in [1.29, 1.82) is 0 Å². The maximum Gasteiger partial charge on any atom is 0.192 e. The predicted molar refractivity (Wildman–Crippen MR) is 126 cm³/mol. The number of hydrogen-bond donors (Lipinski definition) is 3. The van der Waals surface area contributed by atoms with E-state index in [9.17, 15) is 5.11 Å². The minimum absolute atomic E-state index is 0.0562. The lowest BCUT2D eigenvalue weighted by atomic mass is 9.97. The molecule has 1 saturated heterocycles. The van der Waals surface area contributed by atoms with Crippen molar-refractivity contribution in [2.75, 3.05) is 31.1 Å². The zero-order valence-corrected chi connectivity index (χ0v) is 18.7. The van der Waals surface area contributed by atoms with Crippen molar-refractivity contribution in [1.82, 2.24) is 10.6 Å². The Kier molecular flexibility index (Phi) is 8.40. The zero-order valence-electron chi connectivity index (χ0n) is 17.9. The number of benzene rings is 2. The Balaban J connectivity index is 1.60. The van der Waals surface area contributed by atoms with Crippen LogP contribution in [-0.2, 0) is 6.54 Å². The molecule has 1 heterocycles. The summed E-state index contributed by atoms with van der Waals surface area (Å²) in [5, 5.41) is 16.8. The zero-order chi connectivity index (χ0) is 21.3. The quantitative estimate of drug-likeness (QED) is 0.453. The monoisotopic (exact) mass is 428 g/mol. The van der Waals surface area contributed by atoms with E-state index in [-0.39, 0.29) is 6.04 Å². The first-order chi connectivity index (χ1) is 14.6. The van der Waals surface area contributed by atoms with Crippen molar-refractivity contribution in [3.8, 4) is 0 Å². The summed E-state index contributed by atoms with van der Waals surface area (Å²) in [6.07, 6.45) is 2.12. The molecule has 30 heavy (non-hydrogen) atoms. The third-order valence-electron chi connectivity index (χ3n) is 5.66. The van der Waals surface area contributed by atoms with Gasteiger partial charge in [0.1, 0.15) is 0 Å². The van der Waals surface area contributed by atoms with Crippen LogP contribution >= 0.6 is 11.6 Å². The Labute approximate surface area is 185 Å². The van der Waals surface area contributed by atoms with Gasteiger partial charge in [0.2, 0.25) is 0 Å². The molecule has 2 aromatic carbocycles. The van der Waals surface area contributed by atoms with Crippen LogP contribution in [0.1, 0.15) is 43.9 Å². The molecule has 3 rings (SSSR count). The number of anilines is 1. The van der Waals surface area contributed by atoms with Crippen LogP contribution in [0.15, 0.2) is 53.5 Å². The van der Waals surface area contributed by atoms with E-state index in [2.05, 4.69) is 53.6 Å². The van der Waals surface area contributed by atoms with Gasteiger partial charge in [-0.25, -0.2) is 4.99 Å². The number of guanidine groups is 1. The molecule has 0 spiro atoms. The van der Waals surface area contributed by atoms with Gasteiger partial charge in [0.25, 0.3) is 0 Å². The fraction of sp³-hybridized carbons (Fsp3) is 0.458. The Hall–Kier alpha value is -2.24. The number of rotatable bonds is 7. The van der Waals surface area contributed by atoms with E-state index < -0.39 is 0 Å². The highest BCUT2D eigenvalue weighted by atomic mass is 35.5. The van der Waals surface area contributed by atoms with E-state index >= 15 is 0 Å². The molecule has 2 aromatic rings. The molecule has 5 nitrogen and oxygen atoms in total. The van der Waals surface area contributed by atoms with Gasteiger partial charge < -0.3 is 20.6 Å². The van der Waals surface area contributed by atoms with E-state index in [0.717, 1.165) is 49.0 Å². The summed E-state index contributed by atoms with van der Waals surface area (Å²) < 4.78 is 0. The summed E-state index contributed by atoms with van der Waals surface area (Å²) in [6.45, 7) is 7.88. The van der Waals surface area contributed by atoms with E-state index in [1.54, 1.807) is 0 Å². The summed E-state index contributed by atoms with van der Waals surface area (Å²) in [4.78, 5) is 7.15. The van der Waals surface area contributed by atoms with Gasteiger partial charge in [-0.15, -0.1) is 0 Å². The number of piperidine rings is 1. The lowest BCUT2D eigenvalue weighted by molar-refractivity contribution is 0.203. The van der Waals surface area contributed by atoms with Crippen LogP contribution in [0.3, 0.4) is 0 Å². The van der Waals surface area contributed by atoms with Gasteiger partial charge in [0, 0.05) is 37.0 Å². The summed E-state index contributed by atoms with van der Waals surface area (Å²) in [6, 6.07) is 16.6. The molecule has 0 aromatic heterocycles. The Bertz CT molecular complexity index is 816. The van der Waals surface area contributed by atoms with Gasteiger partial charge in [-0.3, -0.25) is 0 Å². The number of hydrogen-bond acceptors (Lipinski definition) is 3. The van der Waals surface area contributed by atoms with Crippen molar-refractivity contribution >= 4 is 23.2 Å². The van der Waals surface area contributed by atoms with Crippen LogP contribution in [-0.4, -0.2) is 37.3 Å². The van der Waals surface area contributed by atoms with Gasteiger partial charge in [-0.1, -0.05) is 41.9 Å².